The first-order valence-corrected chi connectivity index (χ1v) is 6.09. The molecule has 0 fully saturated rings. The topological polar surface area (TPSA) is 37.3 Å². The van der Waals surface area contributed by atoms with Gasteiger partial charge < -0.3 is 5.11 Å². The van der Waals surface area contributed by atoms with Gasteiger partial charge in [0, 0.05) is 12.7 Å². The molecule has 0 spiro atoms. The van der Waals surface area contributed by atoms with Gasteiger partial charge in [-0.05, 0) is 42.7 Å². The van der Waals surface area contributed by atoms with E-state index in [0.29, 0.717) is 11.5 Å². The second kappa shape index (κ2) is 5.75. The van der Waals surface area contributed by atoms with Crippen LogP contribution in [0.2, 0.25) is 0 Å². The third kappa shape index (κ3) is 3.74. The Morgan fingerprint density at radius 1 is 1.38 bits per heavy atom. The number of hydrogen-bond donors (Lipinski definition) is 1. The Kier molecular flexibility index (Phi) is 4.62. The lowest BCUT2D eigenvalue weighted by molar-refractivity contribution is -0.109. The van der Waals surface area contributed by atoms with Crippen LogP contribution < -0.4 is 0 Å². The van der Waals surface area contributed by atoms with Crippen LogP contribution in [-0.2, 0) is 4.79 Å². The number of phenolic OH excluding ortho intramolecular Hbond substituents is 1. The van der Waals surface area contributed by atoms with E-state index >= 15 is 0 Å². The Labute approximate surface area is 100 Å². The number of benzene rings is 1. The molecule has 86 valence electrons. The summed E-state index contributed by atoms with van der Waals surface area (Å²) in [5.74, 6) is 0.986. The number of thioether (sulfide) groups is 1. The number of aromatic hydroxyl groups is 1. The van der Waals surface area contributed by atoms with Crippen LogP contribution in [0.3, 0.4) is 0 Å². The number of rotatable bonds is 3. The third-order valence-corrected chi connectivity index (χ3v) is 3.01. The van der Waals surface area contributed by atoms with Crippen LogP contribution in [0.15, 0.2) is 18.2 Å². The van der Waals surface area contributed by atoms with E-state index < -0.39 is 0 Å². The van der Waals surface area contributed by atoms with Gasteiger partial charge in [-0.3, -0.25) is 4.79 Å². The summed E-state index contributed by atoms with van der Waals surface area (Å²) in [6.45, 7) is 5.49. The van der Waals surface area contributed by atoms with E-state index in [-0.39, 0.29) is 5.12 Å². The second-order valence-corrected chi connectivity index (χ2v) is 4.90. The van der Waals surface area contributed by atoms with E-state index in [0.717, 1.165) is 16.7 Å². The van der Waals surface area contributed by atoms with Gasteiger partial charge in [0.2, 0.25) is 0 Å². The highest BCUT2D eigenvalue weighted by atomic mass is 32.2. The normalized spacial score (nSPS) is 10.9. The molecule has 0 aliphatic carbocycles. The first-order chi connectivity index (χ1) is 7.50. The number of carbonyl (C=O) groups is 1. The van der Waals surface area contributed by atoms with Crippen LogP contribution in [0, 0.1) is 13.8 Å². The fourth-order valence-electron chi connectivity index (χ4n) is 1.55. The lowest BCUT2D eigenvalue weighted by Crippen LogP contribution is -1.87. The lowest BCUT2D eigenvalue weighted by Gasteiger charge is -2.05. The van der Waals surface area contributed by atoms with Crippen molar-refractivity contribution in [1.82, 2.24) is 0 Å². The Morgan fingerprint density at radius 2 is 1.94 bits per heavy atom. The van der Waals surface area contributed by atoms with Crippen molar-refractivity contribution in [3.05, 3.63) is 34.9 Å². The fraction of sp³-hybridized carbons (Fsp3) is 0.308. The van der Waals surface area contributed by atoms with Gasteiger partial charge in [-0.15, -0.1) is 0 Å². The molecule has 0 aromatic heterocycles. The van der Waals surface area contributed by atoms with E-state index in [9.17, 15) is 9.90 Å². The molecule has 1 rings (SSSR count). The predicted octanol–water partition coefficient (Wildman–Crippen LogP) is 3.30. The Hall–Kier alpha value is -1.22. The van der Waals surface area contributed by atoms with Crippen LogP contribution in [0.25, 0.3) is 6.08 Å². The average molecular weight is 236 g/mol. The summed E-state index contributed by atoms with van der Waals surface area (Å²) in [5.41, 5.74) is 3.20. The number of hydrogen-bond acceptors (Lipinski definition) is 3. The van der Waals surface area contributed by atoms with Crippen molar-refractivity contribution in [2.75, 3.05) is 5.75 Å². The molecule has 3 heteroatoms. The zero-order chi connectivity index (χ0) is 12.1. The molecule has 0 aliphatic heterocycles. The minimum absolute atomic E-state index is 0.129. The van der Waals surface area contributed by atoms with Crippen molar-refractivity contribution in [3.63, 3.8) is 0 Å². The molecule has 0 aliphatic rings. The predicted molar refractivity (Wildman–Crippen MR) is 69.8 cm³/mol. The number of phenols is 1. The van der Waals surface area contributed by atoms with Crippen LogP contribution in [0.5, 0.6) is 5.75 Å². The van der Waals surface area contributed by atoms with Gasteiger partial charge in [-0.25, -0.2) is 0 Å². The van der Waals surface area contributed by atoms with Crippen LogP contribution in [0.4, 0.5) is 0 Å². The summed E-state index contributed by atoms with van der Waals surface area (Å²) < 4.78 is 0. The average Bonchev–Trinajstić information content (AvgIpc) is 2.14. The highest BCUT2D eigenvalue weighted by molar-refractivity contribution is 8.13. The van der Waals surface area contributed by atoms with Crippen molar-refractivity contribution >= 4 is 23.0 Å². The minimum atomic E-state index is 0.129. The Bertz CT molecular complexity index is 399. The largest absolute Gasteiger partial charge is 0.508 e. The summed E-state index contributed by atoms with van der Waals surface area (Å²) in [6, 6.07) is 3.48. The molecule has 16 heavy (non-hydrogen) atoms. The quantitative estimate of drug-likeness (QED) is 0.875. The summed E-state index contributed by atoms with van der Waals surface area (Å²) in [4.78, 5) is 10.7. The molecule has 0 heterocycles. The van der Waals surface area contributed by atoms with Crippen molar-refractivity contribution in [1.29, 1.82) is 0 Å². The smallest absolute Gasteiger partial charge is 0.186 e. The Balaban J connectivity index is 2.77. The summed E-state index contributed by atoms with van der Waals surface area (Å²) >= 11 is 1.29. The molecule has 0 saturated carbocycles. The number of aryl methyl sites for hydroxylation is 2. The molecule has 0 amide bonds. The summed E-state index contributed by atoms with van der Waals surface area (Å²) in [5, 5.41) is 9.52. The molecular weight excluding hydrogens is 220 g/mol. The SMILES string of the molecule is CC(=O)SCC=Cc1c(C)cc(O)cc1C. The maximum atomic E-state index is 10.7. The maximum Gasteiger partial charge on any atom is 0.186 e. The standard InChI is InChI=1S/C13H16O2S/c1-9-7-12(15)8-10(2)13(9)5-4-6-16-11(3)14/h4-5,7-8,15H,6H2,1-3H3. The maximum absolute atomic E-state index is 10.7. The highest BCUT2D eigenvalue weighted by Gasteiger charge is 2.01. The fourth-order valence-corrected chi connectivity index (χ4v) is 1.97. The molecular formula is C13H16O2S. The van der Waals surface area contributed by atoms with E-state index in [1.54, 1.807) is 19.1 Å². The Morgan fingerprint density at radius 3 is 2.44 bits per heavy atom. The first kappa shape index (κ1) is 12.8. The molecule has 2 nitrogen and oxygen atoms in total. The monoisotopic (exact) mass is 236 g/mol. The minimum Gasteiger partial charge on any atom is -0.508 e. The van der Waals surface area contributed by atoms with Gasteiger partial charge in [0.25, 0.3) is 0 Å². The van der Waals surface area contributed by atoms with Gasteiger partial charge >= 0.3 is 0 Å². The molecule has 1 aromatic rings. The van der Waals surface area contributed by atoms with Gasteiger partial charge in [0.15, 0.2) is 5.12 Å². The molecule has 1 N–H and O–H groups in total. The van der Waals surface area contributed by atoms with E-state index in [1.165, 1.54) is 11.8 Å². The second-order valence-electron chi connectivity index (χ2n) is 3.70. The van der Waals surface area contributed by atoms with Gasteiger partial charge in [-0.2, -0.15) is 0 Å². The van der Waals surface area contributed by atoms with Crippen molar-refractivity contribution < 1.29 is 9.90 Å². The van der Waals surface area contributed by atoms with Crippen molar-refractivity contribution in [3.8, 4) is 5.75 Å². The van der Waals surface area contributed by atoms with E-state index in [4.69, 9.17) is 0 Å². The summed E-state index contributed by atoms with van der Waals surface area (Å²) in [6.07, 6.45) is 3.97. The number of carbonyl (C=O) groups excluding carboxylic acids is 1. The van der Waals surface area contributed by atoms with Crippen molar-refractivity contribution in [2.24, 2.45) is 0 Å². The highest BCUT2D eigenvalue weighted by Crippen LogP contribution is 2.22. The van der Waals surface area contributed by atoms with Gasteiger partial charge in [0.05, 0.1) is 0 Å². The van der Waals surface area contributed by atoms with E-state index in [2.05, 4.69) is 0 Å². The molecule has 0 atom stereocenters. The zero-order valence-corrected chi connectivity index (χ0v) is 10.6. The van der Waals surface area contributed by atoms with E-state index in [1.807, 2.05) is 26.0 Å². The molecule has 0 radical (unpaired) electrons. The first-order valence-electron chi connectivity index (χ1n) is 5.11. The van der Waals surface area contributed by atoms with Crippen LogP contribution in [-0.4, -0.2) is 16.0 Å². The lowest BCUT2D eigenvalue weighted by atomic mass is 10.0. The molecule has 0 bridgehead atoms. The van der Waals surface area contributed by atoms with Gasteiger partial charge in [-0.1, -0.05) is 23.9 Å². The van der Waals surface area contributed by atoms with Crippen LogP contribution in [0.1, 0.15) is 23.6 Å². The van der Waals surface area contributed by atoms with Gasteiger partial charge in [0.1, 0.15) is 5.75 Å². The third-order valence-electron chi connectivity index (χ3n) is 2.25. The zero-order valence-electron chi connectivity index (χ0n) is 9.78. The van der Waals surface area contributed by atoms with Crippen LogP contribution >= 0.6 is 11.8 Å². The van der Waals surface area contributed by atoms with Crippen molar-refractivity contribution in [2.45, 2.75) is 20.8 Å². The summed E-state index contributed by atoms with van der Waals surface area (Å²) in [7, 11) is 0. The molecule has 1 aromatic carbocycles. The molecule has 0 unspecified atom stereocenters. The molecule has 0 saturated heterocycles.